The summed E-state index contributed by atoms with van der Waals surface area (Å²) >= 11 is 0. The summed E-state index contributed by atoms with van der Waals surface area (Å²) in [5, 5.41) is 0. The van der Waals surface area contributed by atoms with Crippen LogP contribution in [0.15, 0.2) is 30.5 Å². The molecule has 2 rings (SSSR count). The maximum Gasteiger partial charge on any atom is 0.118 e. The number of hydrogen-bond donors (Lipinski definition) is 2. The first kappa shape index (κ1) is 13.5. The third-order valence-electron chi connectivity index (χ3n) is 2.53. The fraction of sp³-hybridized carbons (Fsp3) is 0.250. The fourth-order valence-corrected chi connectivity index (χ4v) is 1.59. The second-order valence-electron chi connectivity index (χ2n) is 3.67. The van der Waals surface area contributed by atoms with Crippen molar-refractivity contribution in [1.82, 2.24) is 9.97 Å². The van der Waals surface area contributed by atoms with Gasteiger partial charge in [-0.3, -0.25) is 0 Å². The van der Waals surface area contributed by atoms with E-state index in [-0.39, 0.29) is 18.4 Å². The van der Waals surface area contributed by atoms with E-state index in [0.717, 1.165) is 22.8 Å². The van der Waals surface area contributed by atoms with E-state index >= 15 is 0 Å². The van der Waals surface area contributed by atoms with Crippen molar-refractivity contribution in [2.24, 2.45) is 5.73 Å². The Bertz CT molecular complexity index is 467. The minimum absolute atomic E-state index is 0. The number of benzene rings is 1. The number of aryl methyl sites for hydroxylation is 1. The monoisotopic (exact) mass is 253 g/mol. The van der Waals surface area contributed by atoms with Gasteiger partial charge in [0, 0.05) is 0 Å². The van der Waals surface area contributed by atoms with Crippen LogP contribution in [0.25, 0.3) is 0 Å². The third-order valence-corrected chi connectivity index (χ3v) is 2.53. The summed E-state index contributed by atoms with van der Waals surface area (Å²) in [5.41, 5.74) is 8.06. The number of rotatable bonds is 3. The first-order valence-electron chi connectivity index (χ1n) is 5.11. The van der Waals surface area contributed by atoms with Crippen LogP contribution in [0.2, 0.25) is 0 Å². The molecule has 0 spiro atoms. The van der Waals surface area contributed by atoms with E-state index in [0.29, 0.717) is 0 Å². The molecule has 1 aromatic heterocycles. The van der Waals surface area contributed by atoms with Crippen LogP contribution in [0.3, 0.4) is 0 Å². The Hall–Kier alpha value is -1.52. The van der Waals surface area contributed by atoms with Crippen LogP contribution < -0.4 is 10.5 Å². The summed E-state index contributed by atoms with van der Waals surface area (Å²) in [5.74, 6) is 1.70. The number of nitrogens with one attached hydrogen (secondary N) is 1. The van der Waals surface area contributed by atoms with Crippen LogP contribution in [0.4, 0.5) is 0 Å². The van der Waals surface area contributed by atoms with Gasteiger partial charge in [-0.2, -0.15) is 0 Å². The summed E-state index contributed by atoms with van der Waals surface area (Å²) in [6, 6.07) is 7.54. The molecule has 0 aliphatic carbocycles. The second-order valence-corrected chi connectivity index (χ2v) is 3.67. The molecule has 0 saturated heterocycles. The van der Waals surface area contributed by atoms with Gasteiger partial charge in [-0.25, -0.2) is 4.98 Å². The van der Waals surface area contributed by atoms with Gasteiger partial charge in [0.2, 0.25) is 0 Å². The molecule has 1 unspecified atom stereocenters. The van der Waals surface area contributed by atoms with Crippen LogP contribution >= 0.6 is 12.4 Å². The molecule has 0 bridgehead atoms. The van der Waals surface area contributed by atoms with Crippen molar-refractivity contribution < 1.29 is 4.74 Å². The molecule has 1 atom stereocenters. The number of hydrogen-bond acceptors (Lipinski definition) is 3. The van der Waals surface area contributed by atoms with Gasteiger partial charge in [0.25, 0.3) is 0 Å². The number of imidazole rings is 1. The van der Waals surface area contributed by atoms with Crippen molar-refractivity contribution >= 4 is 12.4 Å². The summed E-state index contributed by atoms with van der Waals surface area (Å²) in [4.78, 5) is 7.27. The number of aromatic nitrogens is 2. The summed E-state index contributed by atoms with van der Waals surface area (Å²) < 4.78 is 5.10. The van der Waals surface area contributed by atoms with Gasteiger partial charge in [-0.05, 0) is 24.6 Å². The average Bonchev–Trinajstić information content (AvgIpc) is 2.75. The number of nitrogens with two attached hydrogens (primary N) is 1. The maximum absolute atomic E-state index is 6.11. The number of halogens is 1. The Morgan fingerprint density at radius 2 is 1.94 bits per heavy atom. The van der Waals surface area contributed by atoms with Gasteiger partial charge in [-0.15, -0.1) is 12.4 Å². The molecule has 1 heterocycles. The second kappa shape index (κ2) is 5.70. The lowest BCUT2D eigenvalue weighted by molar-refractivity contribution is 0.414. The number of methoxy groups -OCH3 is 1. The first-order valence-corrected chi connectivity index (χ1v) is 5.11. The largest absolute Gasteiger partial charge is 0.497 e. The highest BCUT2D eigenvalue weighted by Crippen LogP contribution is 2.20. The molecule has 0 fully saturated rings. The lowest BCUT2D eigenvalue weighted by atomic mass is 10.1. The molecule has 5 heteroatoms. The molecular weight excluding hydrogens is 238 g/mol. The topological polar surface area (TPSA) is 63.9 Å². The Labute approximate surface area is 107 Å². The fourth-order valence-electron chi connectivity index (χ4n) is 1.59. The van der Waals surface area contributed by atoms with Crippen molar-refractivity contribution in [3.05, 3.63) is 47.5 Å². The average molecular weight is 254 g/mol. The molecule has 0 amide bonds. The van der Waals surface area contributed by atoms with Crippen LogP contribution in [0.1, 0.15) is 23.1 Å². The van der Waals surface area contributed by atoms with E-state index in [1.807, 2.05) is 31.2 Å². The zero-order valence-electron chi connectivity index (χ0n) is 9.81. The zero-order chi connectivity index (χ0) is 11.5. The summed E-state index contributed by atoms with van der Waals surface area (Å²) in [6.07, 6.45) is 1.77. The standard InChI is InChI=1S/C12H15N3O.ClH/c1-8-14-7-11(15-8)12(13)9-3-5-10(16-2)6-4-9;/h3-7,12H,13H2,1-2H3,(H,14,15);1H. The van der Waals surface area contributed by atoms with Crippen LogP contribution in [0.5, 0.6) is 5.75 Å². The maximum atomic E-state index is 6.11. The lowest BCUT2D eigenvalue weighted by Gasteiger charge is -2.10. The minimum Gasteiger partial charge on any atom is -0.497 e. The number of H-pyrrole nitrogens is 1. The Morgan fingerprint density at radius 1 is 1.29 bits per heavy atom. The Morgan fingerprint density at radius 3 is 2.41 bits per heavy atom. The van der Waals surface area contributed by atoms with Gasteiger partial charge in [0.1, 0.15) is 11.6 Å². The predicted octanol–water partition coefficient (Wildman–Crippen LogP) is 2.20. The molecule has 4 nitrogen and oxygen atoms in total. The summed E-state index contributed by atoms with van der Waals surface area (Å²) in [7, 11) is 1.65. The highest BCUT2D eigenvalue weighted by atomic mass is 35.5. The predicted molar refractivity (Wildman–Crippen MR) is 69.6 cm³/mol. The van der Waals surface area contributed by atoms with Gasteiger partial charge < -0.3 is 15.5 Å². The van der Waals surface area contributed by atoms with E-state index in [2.05, 4.69) is 9.97 Å². The van der Waals surface area contributed by atoms with Crippen LogP contribution in [-0.4, -0.2) is 17.1 Å². The highest BCUT2D eigenvalue weighted by molar-refractivity contribution is 5.85. The van der Waals surface area contributed by atoms with E-state index < -0.39 is 0 Å². The van der Waals surface area contributed by atoms with Gasteiger partial charge >= 0.3 is 0 Å². The summed E-state index contributed by atoms with van der Waals surface area (Å²) in [6.45, 7) is 1.91. The molecule has 0 aliphatic rings. The van der Waals surface area contributed by atoms with Gasteiger partial charge in [0.15, 0.2) is 0 Å². The van der Waals surface area contributed by atoms with Crippen LogP contribution in [0, 0.1) is 6.92 Å². The van der Waals surface area contributed by atoms with E-state index in [1.54, 1.807) is 13.3 Å². The van der Waals surface area contributed by atoms with Gasteiger partial charge in [0.05, 0.1) is 25.0 Å². The quantitative estimate of drug-likeness (QED) is 0.881. The molecule has 92 valence electrons. The molecule has 3 N–H and O–H groups in total. The molecule has 0 aliphatic heterocycles. The van der Waals surface area contributed by atoms with Crippen molar-refractivity contribution in [3.8, 4) is 5.75 Å². The third kappa shape index (κ3) is 2.99. The normalized spacial score (nSPS) is 11.7. The van der Waals surface area contributed by atoms with Crippen molar-refractivity contribution in [1.29, 1.82) is 0 Å². The van der Waals surface area contributed by atoms with Crippen molar-refractivity contribution in [2.45, 2.75) is 13.0 Å². The smallest absolute Gasteiger partial charge is 0.118 e. The SMILES string of the molecule is COc1ccc(C(N)c2cnc(C)[nH]2)cc1.Cl. The van der Waals surface area contributed by atoms with E-state index in [4.69, 9.17) is 10.5 Å². The van der Waals surface area contributed by atoms with Crippen molar-refractivity contribution in [3.63, 3.8) is 0 Å². The van der Waals surface area contributed by atoms with E-state index in [9.17, 15) is 0 Å². The van der Waals surface area contributed by atoms with E-state index in [1.165, 1.54) is 0 Å². The minimum atomic E-state index is -0.174. The lowest BCUT2D eigenvalue weighted by Crippen LogP contribution is -2.12. The molecule has 0 radical (unpaired) electrons. The number of ether oxygens (including phenoxy) is 1. The van der Waals surface area contributed by atoms with Crippen LogP contribution in [-0.2, 0) is 0 Å². The number of aromatic amines is 1. The highest BCUT2D eigenvalue weighted by Gasteiger charge is 2.10. The number of nitrogens with zero attached hydrogens (tertiary/aromatic N) is 1. The Kier molecular flexibility index (Phi) is 4.54. The van der Waals surface area contributed by atoms with Crippen molar-refractivity contribution in [2.75, 3.05) is 7.11 Å². The molecule has 2 aromatic rings. The molecule has 17 heavy (non-hydrogen) atoms. The first-order chi connectivity index (χ1) is 7.70. The Balaban J connectivity index is 0.00000144. The van der Waals surface area contributed by atoms with Gasteiger partial charge in [-0.1, -0.05) is 12.1 Å². The molecular formula is C12H16ClN3O. The molecule has 1 aromatic carbocycles. The molecule has 0 saturated carbocycles. The zero-order valence-corrected chi connectivity index (χ0v) is 10.6.